The molecule has 2 aliphatic carbocycles. The molecule has 4 heteroatoms. The predicted molar refractivity (Wildman–Crippen MR) is 81.9 cm³/mol. The zero-order valence-corrected chi connectivity index (χ0v) is 12.8. The van der Waals surface area contributed by atoms with Crippen LogP contribution in [0.1, 0.15) is 64.2 Å². The fourth-order valence-electron chi connectivity index (χ4n) is 3.69. The lowest BCUT2D eigenvalue weighted by Gasteiger charge is -2.41. The van der Waals surface area contributed by atoms with Gasteiger partial charge in [0.2, 0.25) is 5.91 Å². The van der Waals surface area contributed by atoms with Crippen LogP contribution in [0.15, 0.2) is 0 Å². The van der Waals surface area contributed by atoms with Crippen molar-refractivity contribution in [3.63, 3.8) is 0 Å². The molecule has 2 aliphatic rings. The second-order valence-corrected chi connectivity index (χ2v) is 6.65. The molecule has 2 saturated carbocycles. The summed E-state index contributed by atoms with van der Waals surface area (Å²) in [5.74, 6) is 0.187. The Bertz CT molecular complexity index is 344. The molecule has 0 aliphatic heterocycles. The molecule has 3 nitrogen and oxygen atoms in total. The first-order valence-electron chi connectivity index (χ1n) is 7.65. The lowest BCUT2D eigenvalue weighted by atomic mass is 9.72. The molecule has 0 spiro atoms. The second-order valence-electron chi connectivity index (χ2n) is 6.21. The molecule has 19 heavy (non-hydrogen) atoms. The molecule has 0 aromatic carbocycles. The molecule has 0 radical (unpaired) electrons. The van der Waals surface area contributed by atoms with Crippen LogP contribution in [0.3, 0.4) is 0 Å². The van der Waals surface area contributed by atoms with E-state index in [0.29, 0.717) is 11.0 Å². The summed E-state index contributed by atoms with van der Waals surface area (Å²) in [5.41, 5.74) is 5.41. The van der Waals surface area contributed by atoms with E-state index in [0.717, 1.165) is 38.5 Å². The van der Waals surface area contributed by atoms with Gasteiger partial charge in [0, 0.05) is 13.1 Å². The summed E-state index contributed by atoms with van der Waals surface area (Å²) in [4.78, 5) is 15.3. The fraction of sp³-hybridized carbons (Fsp3) is 0.867. The zero-order chi connectivity index (χ0) is 13.9. The third-order valence-electron chi connectivity index (χ3n) is 5.03. The summed E-state index contributed by atoms with van der Waals surface area (Å²) in [6.07, 6.45) is 11.1. The molecule has 0 bridgehead atoms. The van der Waals surface area contributed by atoms with Crippen LogP contribution < -0.4 is 5.73 Å². The van der Waals surface area contributed by atoms with Crippen LogP contribution in [-0.2, 0) is 4.79 Å². The molecule has 2 N–H and O–H groups in total. The highest BCUT2D eigenvalue weighted by molar-refractivity contribution is 7.80. The number of amides is 1. The lowest BCUT2D eigenvalue weighted by Crippen LogP contribution is -2.53. The zero-order valence-electron chi connectivity index (χ0n) is 12.0. The van der Waals surface area contributed by atoms with Gasteiger partial charge in [-0.25, -0.2) is 0 Å². The predicted octanol–water partition coefficient (Wildman–Crippen LogP) is 3.01. The van der Waals surface area contributed by atoms with E-state index in [1.807, 2.05) is 11.9 Å². The van der Waals surface area contributed by atoms with Gasteiger partial charge in [0.05, 0.1) is 10.4 Å². The monoisotopic (exact) mass is 282 g/mol. The third-order valence-corrected chi connectivity index (χ3v) is 5.42. The lowest BCUT2D eigenvalue weighted by molar-refractivity contribution is -0.141. The summed E-state index contributed by atoms with van der Waals surface area (Å²) in [6.45, 7) is 0. The quantitative estimate of drug-likeness (QED) is 0.809. The number of rotatable bonds is 3. The van der Waals surface area contributed by atoms with Crippen molar-refractivity contribution in [1.82, 2.24) is 4.90 Å². The highest BCUT2D eigenvalue weighted by atomic mass is 32.1. The van der Waals surface area contributed by atoms with Crippen molar-refractivity contribution in [2.45, 2.75) is 70.3 Å². The number of nitrogens with two attached hydrogens (primary N) is 1. The number of nitrogens with zero attached hydrogens (tertiary/aromatic N) is 1. The summed E-state index contributed by atoms with van der Waals surface area (Å²) < 4.78 is 0. The molecule has 2 fully saturated rings. The van der Waals surface area contributed by atoms with Gasteiger partial charge >= 0.3 is 0 Å². The molecule has 0 unspecified atom stereocenters. The van der Waals surface area contributed by atoms with Crippen LogP contribution >= 0.6 is 12.2 Å². The normalized spacial score (nSPS) is 23.8. The highest BCUT2D eigenvalue weighted by Gasteiger charge is 2.45. The molecule has 0 heterocycles. The topological polar surface area (TPSA) is 46.3 Å². The average molecular weight is 282 g/mol. The summed E-state index contributed by atoms with van der Waals surface area (Å²) in [7, 11) is 1.95. The van der Waals surface area contributed by atoms with Crippen LogP contribution in [0.4, 0.5) is 0 Å². The first-order chi connectivity index (χ1) is 9.08. The Labute approximate surface area is 121 Å². The fourth-order valence-corrected chi connectivity index (χ4v) is 3.98. The van der Waals surface area contributed by atoms with Crippen LogP contribution in [0.5, 0.6) is 0 Å². The Kier molecular flexibility index (Phi) is 4.82. The van der Waals surface area contributed by atoms with Gasteiger partial charge < -0.3 is 10.6 Å². The minimum Gasteiger partial charge on any atom is -0.392 e. The number of carbonyl (C=O) groups is 1. The van der Waals surface area contributed by atoms with Crippen molar-refractivity contribution in [3.05, 3.63) is 0 Å². The number of thiocarbonyl (C=S) groups is 1. The van der Waals surface area contributed by atoms with Crippen molar-refractivity contribution in [1.29, 1.82) is 0 Å². The Morgan fingerprint density at radius 3 is 2.16 bits per heavy atom. The standard InChI is InChI=1S/C15H26N2OS/c1-17(12-8-4-2-5-9-12)14(18)15(13(16)19)10-6-3-7-11-15/h12H,2-11H2,1H3,(H2,16,19). The molecular weight excluding hydrogens is 256 g/mol. The van der Waals surface area contributed by atoms with Gasteiger partial charge in [-0.3, -0.25) is 4.79 Å². The molecular formula is C15H26N2OS. The van der Waals surface area contributed by atoms with Crippen molar-refractivity contribution in [2.75, 3.05) is 7.05 Å². The Morgan fingerprint density at radius 2 is 1.63 bits per heavy atom. The van der Waals surface area contributed by atoms with Crippen molar-refractivity contribution in [3.8, 4) is 0 Å². The Hall–Kier alpha value is -0.640. The van der Waals surface area contributed by atoms with E-state index in [4.69, 9.17) is 18.0 Å². The van der Waals surface area contributed by atoms with Crippen molar-refractivity contribution >= 4 is 23.1 Å². The van der Waals surface area contributed by atoms with E-state index in [-0.39, 0.29) is 5.91 Å². The Morgan fingerprint density at radius 1 is 1.11 bits per heavy atom. The molecule has 0 aromatic rings. The van der Waals surface area contributed by atoms with Crippen LogP contribution in [0.25, 0.3) is 0 Å². The van der Waals surface area contributed by atoms with E-state index in [2.05, 4.69) is 0 Å². The summed E-state index contributed by atoms with van der Waals surface area (Å²) >= 11 is 5.25. The largest absolute Gasteiger partial charge is 0.392 e. The number of hydrogen-bond acceptors (Lipinski definition) is 2. The SMILES string of the molecule is CN(C(=O)C1(C(N)=S)CCCCC1)C1CCCCC1. The number of hydrogen-bond donors (Lipinski definition) is 1. The molecule has 108 valence electrons. The Balaban J connectivity index is 2.12. The number of carbonyl (C=O) groups excluding carboxylic acids is 1. The van der Waals surface area contributed by atoms with Gasteiger partial charge in [-0.1, -0.05) is 50.7 Å². The average Bonchev–Trinajstić information content (AvgIpc) is 2.47. The maximum Gasteiger partial charge on any atom is 0.235 e. The van der Waals surface area contributed by atoms with Gasteiger partial charge in [0.25, 0.3) is 0 Å². The third kappa shape index (κ3) is 2.93. The van der Waals surface area contributed by atoms with E-state index in [9.17, 15) is 4.79 Å². The van der Waals surface area contributed by atoms with Crippen molar-refractivity contribution in [2.24, 2.45) is 11.1 Å². The van der Waals surface area contributed by atoms with Gasteiger partial charge in [0.1, 0.15) is 0 Å². The van der Waals surface area contributed by atoms with Gasteiger partial charge in [-0.15, -0.1) is 0 Å². The molecule has 2 rings (SSSR count). The van der Waals surface area contributed by atoms with Crippen LogP contribution in [0.2, 0.25) is 0 Å². The van der Waals surface area contributed by atoms with E-state index < -0.39 is 5.41 Å². The molecule has 0 saturated heterocycles. The molecule has 0 atom stereocenters. The van der Waals surface area contributed by atoms with E-state index in [1.165, 1.54) is 25.7 Å². The van der Waals surface area contributed by atoms with Crippen LogP contribution in [0, 0.1) is 5.41 Å². The van der Waals surface area contributed by atoms with Gasteiger partial charge in [0.15, 0.2) is 0 Å². The summed E-state index contributed by atoms with van der Waals surface area (Å²) in [6, 6.07) is 0.398. The first kappa shape index (κ1) is 14.8. The maximum absolute atomic E-state index is 12.9. The first-order valence-corrected chi connectivity index (χ1v) is 8.06. The molecule has 0 aromatic heterocycles. The van der Waals surface area contributed by atoms with Crippen molar-refractivity contribution < 1.29 is 4.79 Å². The summed E-state index contributed by atoms with van der Waals surface area (Å²) in [5, 5.41) is 0. The van der Waals surface area contributed by atoms with Gasteiger partial charge in [-0.2, -0.15) is 0 Å². The van der Waals surface area contributed by atoms with Gasteiger partial charge in [-0.05, 0) is 25.7 Å². The van der Waals surface area contributed by atoms with Crippen LogP contribution in [-0.4, -0.2) is 28.9 Å². The molecule has 1 amide bonds. The van der Waals surface area contributed by atoms with E-state index >= 15 is 0 Å². The maximum atomic E-state index is 12.9. The minimum absolute atomic E-state index is 0.187. The minimum atomic E-state index is -0.542. The highest BCUT2D eigenvalue weighted by Crippen LogP contribution is 2.39. The second kappa shape index (κ2) is 6.21. The van der Waals surface area contributed by atoms with E-state index in [1.54, 1.807) is 0 Å². The smallest absolute Gasteiger partial charge is 0.235 e.